The van der Waals surface area contributed by atoms with Gasteiger partial charge < -0.3 is 10.1 Å². The highest BCUT2D eigenvalue weighted by molar-refractivity contribution is 7.15. The van der Waals surface area contributed by atoms with Gasteiger partial charge in [0.1, 0.15) is 10.8 Å². The van der Waals surface area contributed by atoms with E-state index < -0.39 is 0 Å². The van der Waals surface area contributed by atoms with E-state index in [9.17, 15) is 4.39 Å². The van der Waals surface area contributed by atoms with Crippen LogP contribution >= 0.6 is 22.9 Å². The Bertz CT molecular complexity index is 589. The van der Waals surface area contributed by atoms with Crippen LogP contribution in [-0.2, 0) is 17.9 Å². The molecule has 1 N–H and O–H groups in total. The summed E-state index contributed by atoms with van der Waals surface area (Å²) in [5, 5.41) is 4.43. The first-order valence-corrected chi connectivity index (χ1v) is 7.48. The first-order valence-electron chi connectivity index (χ1n) is 6.29. The molecule has 6 heteroatoms. The quantitative estimate of drug-likeness (QED) is 0.879. The molecule has 0 bridgehead atoms. The fourth-order valence-electron chi connectivity index (χ4n) is 1.79. The molecule has 3 nitrogen and oxygen atoms in total. The fraction of sp³-hybridized carbons (Fsp3) is 0.357. The zero-order chi connectivity index (χ0) is 14.5. The van der Waals surface area contributed by atoms with Gasteiger partial charge in [0.2, 0.25) is 0 Å². The third-order valence-corrected chi connectivity index (χ3v) is 4.20. The normalized spacial score (nSPS) is 11.0. The molecule has 0 aliphatic rings. The average molecular weight is 315 g/mol. The van der Waals surface area contributed by atoms with Crippen LogP contribution in [0.5, 0.6) is 0 Å². The molecule has 1 aromatic heterocycles. The summed E-state index contributed by atoms with van der Waals surface area (Å²) >= 11 is 7.64. The van der Waals surface area contributed by atoms with Crippen LogP contribution in [0.15, 0.2) is 18.2 Å². The van der Waals surface area contributed by atoms with Crippen LogP contribution < -0.4 is 5.32 Å². The lowest BCUT2D eigenvalue weighted by Gasteiger charge is -2.00. The molecule has 0 amide bonds. The van der Waals surface area contributed by atoms with Crippen molar-refractivity contribution in [3.63, 3.8) is 0 Å². The van der Waals surface area contributed by atoms with E-state index in [1.54, 1.807) is 24.5 Å². The van der Waals surface area contributed by atoms with Gasteiger partial charge in [-0.3, -0.25) is 0 Å². The van der Waals surface area contributed by atoms with Crippen molar-refractivity contribution in [1.82, 2.24) is 10.3 Å². The highest BCUT2D eigenvalue weighted by atomic mass is 35.5. The molecule has 0 aliphatic heterocycles. The van der Waals surface area contributed by atoms with Crippen molar-refractivity contribution in [3.8, 4) is 10.6 Å². The summed E-state index contributed by atoms with van der Waals surface area (Å²) in [4.78, 5) is 5.68. The molecule has 1 heterocycles. The van der Waals surface area contributed by atoms with Gasteiger partial charge in [-0.2, -0.15) is 0 Å². The van der Waals surface area contributed by atoms with Crippen molar-refractivity contribution in [3.05, 3.63) is 39.6 Å². The number of nitrogens with zero attached hydrogens (tertiary/aromatic N) is 1. The molecule has 0 spiro atoms. The minimum atomic E-state index is -0.347. The molecule has 0 saturated carbocycles. The summed E-state index contributed by atoms with van der Waals surface area (Å²) in [5.41, 5.74) is 1.65. The summed E-state index contributed by atoms with van der Waals surface area (Å²) in [6.45, 7) is 4.13. The maximum Gasteiger partial charge on any atom is 0.125 e. The predicted octanol–water partition coefficient (Wildman–Crippen LogP) is 3.86. The minimum Gasteiger partial charge on any atom is -0.378 e. The van der Waals surface area contributed by atoms with Gasteiger partial charge in [0.25, 0.3) is 0 Å². The molecule has 108 valence electrons. The lowest BCUT2D eigenvalue weighted by molar-refractivity contribution is 0.181. The maximum atomic E-state index is 13.1. The predicted molar refractivity (Wildman–Crippen MR) is 80.6 cm³/mol. The number of hydrogen-bond acceptors (Lipinski definition) is 4. The monoisotopic (exact) mass is 314 g/mol. The highest BCUT2D eigenvalue weighted by Crippen LogP contribution is 2.33. The number of methoxy groups -OCH3 is 1. The van der Waals surface area contributed by atoms with E-state index >= 15 is 0 Å². The summed E-state index contributed by atoms with van der Waals surface area (Å²) in [6, 6.07) is 4.35. The molecule has 20 heavy (non-hydrogen) atoms. The first-order chi connectivity index (χ1) is 9.65. The van der Waals surface area contributed by atoms with Crippen LogP contribution in [-0.4, -0.2) is 18.6 Å². The molecular formula is C14H16ClFN2OS. The van der Waals surface area contributed by atoms with Crippen molar-refractivity contribution < 1.29 is 9.13 Å². The lowest BCUT2D eigenvalue weighted by Crippen LogP contribution is -2.12. The van der Waals surface area contributed by atoms with Crippen LogP contribution in [0.2, 0.25) is 5.02 Å². The molecule has 2 rings (SSSR count). The molecule has 0 fully saturated rings. The zero-order valence-corrected chi connectivity index (χ0v) is 12.9. The second kappa shape index (κ2) is 7.13. The van der Waals surface area contributed by atoms with E-state index in [2.05, 4.69) is 17.2 Å². The third-order valence-electron chi connectivity index (χ3n) is 2.76. The van der Waals surface area contributed by atoms with E-state index in [1.165, 1.54) is 12.1 Å². The van der Waals surface area contributed by atoms with E-state index in [4.69, 9.17) is 16.3 Å². The summed E-state index contributed by atoms with van der Waals surface area (Å²) < 4.78 is 18.3. The fourth-order valence-corrected chi connectivity index (χ4v) is 3.17. The Morgan fingerprint density at radius 1 is 1.45 bits per heavy atom. The van der Waals surface area contributed by atoms with Gasteiger partial charge in [0.15, 0.2) is 0 Å². The number of benzene rings is 1. The summed E-state index contributed by atoms with van der Waals surface area (Å²) in [7, 11) is 1.64. The van der Waals surface area contributed by atoms with E-state index in [-0.39, 0.29) is 5.82 Å². The maximum absolute atomic E-state index is 13.1. The smallest absolute Gasteiger partial charge is 0.125 e. The Balaban J connectivity index is 2.36. The van der Waals surface area contributed by atoms with Gasteiger partial charge in [-0.25, -0.2) is 9.37 Å². The SMILES string of the molecule is CCNCc1sc(-c2ccc(F)cc2Cl)nc1COC. The highest BCUT2D eigenvalue weighted by Gasteiger charge is 2.14. The molecular weight excluding hydrogens is 299 g/mol. The third kappa shape index (κ3) is 3.55. The minimum absolute atomic E-state index is 0.347. The first kappa shape index (κ1) is 15.4. The second-order valence-electron chi connectivity index (χ2n) is 4.23. The molecule has 2 aromatic rings. The Labute approximate surface area is 126 Å². The van der Waals surface area contributed by atoms with Crippen molar-refractivity contribution in [2.24, 2.45) is 0 Å². The van der Waals surface area contributed by atoms with E-state index in [1.807, 2.05) is 0 Å². The summed E-state index contributed by atoms with van der Waals surface area (Å²) in [5.74, 6) is -0.347. The van der Waals surface area contributed by atoms with Crippen LogP contribution in [0.1, 0.15) is 17.5 Å². The van der Waals surface area contributed by atoms with Gasteiger partial charge in [-0.05, 0) is 24.7 Å². The molecule has 0 saturated heterocycles. The van der Waals surface area contributed by atoms with Gasteiger partial charge in [-0.1, -0.05) is 18.5 Å². The van der Waals surface area contributed by atoms with Crippen LogP contribution in [0, 0.1) is 5.82 Å². The molecule has 0 aliphatic carbocycles. The lowest BCUT2D eigenvalue weighted by atomic mass is 10.2. The molecule has 0 atom stereocenters. The second-order valence-corrected chi connectivity index (χ2v) is 5.72. The van der Waals surface area contributed by atoms with Crippen LogP contribution in [0.4, 0.5) is 4.39 Å². The number of halogens is 2. The van der Waals surface area contributed by atoms with E-state index in [0.29, 0.717) is 11.6 Å². The Morgan fingerprint density at radius 2 is 2.25 bits per heavy atom. The number of aromatic nitrogens is 1. The van der Waals surface area contributed by atoms with E-state index in [0.717, 1.165) is 34.2 Å². The summed E-state index contributed by atoms with van der Waals surface area (Å²) in [6.07, 6.45) is 0. The molecule has 0 unspecified atom stereocenters. The average Bonchev–Trinajstić information content (AvgIpc) is 2.80. The van der Waals surface area contributed by atoms with Gasteiger partial charge >= 0.3 is 0 Å². The molecule has 1 aromatic carbocycles. The molecule has 0 radical (unpaired) electrons. The number of thiazole rings is 1. The van der Waals surface area contributed by atoms with Crippen molar-refractivity contribution in [2.75, 3.05) is 13.7 Å². The largest absolute Gasteiger partial charge is 0.378 e. The topological polar surface area (TPSA) is 34.2 Å². The van der Waals surface area contributed by atoms with Crippen molar-refractivity contribution in [1.29, 1.82) is 0 Å². The van der Waals surface area contributed by atoms with Crippen LogP contribution in [0.3, 0.4) is 0 Å². The Morgan fingerprint density at radius 3 is 2.90 bits per heavy atom. The number of rotatable bonds is 6. The van der Waals surface area contributed by atoms with Gasteiger partial charge in [-0.15, -0.1) is 11.3 Å². The number of hydrogen-bond donors (Lipinski definition) is 1. The van der Waals surface area contributed by atoms with Crippen LogP contribution in [0.25, 0.3) is 10.6 Å². The van der Waals surface area contributed by atoms with Gasteiger partial charge in [0.05, 0.1) is 17.3 Å². The van der Waals surface area contributed by atoms with Gasteiger partial charge in [0, 0.05) is 24.1 Å². The number of nitrogens with one attached hydrogen (secondary N) is 1. The van der Waals surface area contributed by atoms with Crippen molar-refractivity contribution in [2.45, 2.75) is 20.1 Å². The Hall–Kier alpha value is -1.01. The Kier molecular flexibility index (Phi) is 5.48. The zero-order valence-electron chi connectivity index (χ0n) is 11.4. The number of ether oxygens (including phenoxy) is 1. The van der Waals surface area contributed by atoms with Crippen molar-refractivity contribution >= 4 is 22.9 Å². The standard InChI is InChI=1S/C14H16ClFN2OS/c1-3-17-7-13-12(8-19-2)18-14(20-13)10-5-4-9(16)6-11(10)15/h4-6,17H,3,7-8H2,1-2H3.